The molecule has 0 aliphatic carbocycles. The van der Waals surface area contributed by atoms with Crippen LogP contribution in [-0.4, -0.2) is 33.6 Å². The Morgan fingerprint density at radius 3 is 1.12 bits per heavy atom. The molecule has 0 bridgehead atoms. The van der Waals surface area contributed by atoms with Crippen LogP contribution in [0, 0.1) is 13.1 Å². The Hall–Kier alpha value is -6.46. The SMILES string of the molecule is [C-]#[N+]c1nc2c(nc1[N+]#[C-])n(-c1ccccc1)c1nc3c(=O)n(-c4ccccc4)c(=O)c3nc1n2-c1ccccc1. The molecule has 7 aromatic rings. The summed E-state index contributed by atoms with van der Waals surface area (Å²) in [6.07, 6.45) is 0. The molecule has 0 radical (unpaired) electrons. The molecule has 0 saturated carbocycles. The van der Waals surface area contributed by atoms with Crippen molar-refractivity contribution in [1.82, 2.24) is 33.6 Å². The van der Waals surface area contributed by atoms with Gasteiger partial charge in [0.05, 0.1) is 17.1 Å². The number of fused-ring (bicyclic) bond motifs is 3. The van der Waals surface area contributed by atoms with Crippen LogP contribution in [0.25, 0.3) is 60.4 Å². The molecule has 7 rings (SSSR count). The van der Waals surface area contributed by atoms with Gasteiger partial charge in [-0.15, -0.1) is 9.97 Å². The van der Waals surface area contributed by atoms with Crippen LogP contribution in [-0.2, 0) is 0 Å². The van der Waals surface area contributed by atoms with Crippen LogP contribution in [0.15, 0.2) is 101 Å². The highest BCUT2D eigenvalue weighted by atomic mass is 16.2. The molecule has 0 spiro atoms. The number of hydrogen-bond donors (Lipinski definition) is 0. The highest BCUT2D eigenvalue weighted by Gasteiger charge is 2.28. The van der Waals surface area contributed by atoms with Crippen LogP contribution in [0.4, 0.5) is 11.6 Å². The molecule has 4 heterocycles. The van der Waals surface area contributed by atoms with E-state index in [1.54, 1.807) is 39.5 Å². The maximum atomic E-state index is 13.6. The zero-order valence-electron chi connectivity index (χ0n) is 21.0. The zero-order chi connectivity index (χ0) is 28.1. The third-order valence-corrected chi connectivity index (χ3v) is 6.60. The Labute approximate surface area is 230 Å². The molecule has 3 aromatic carbocycles. The lowest BCUT2D eigenvalue weighted by Gasteiger charge is -2.16. The topological polar surface area (TPSA) is 109 Å². The predicted molar refractivity (Wildman–Crippen MR) is 153 cm³/mol. The Morgan fingerprint density at radius 1 is 0.463 bits per heavy atom. The molecule has 41 heavy (non-hydrogen) atoms. The second-order valence-corrected chi connectivity index (χ2v) is 8.93. The lowest BCUT2D eigenvalue weighted by atomic mass is 10.3. The fraction of sp³-hybridized carbons (Fsp3) is 0. The molecule has 0 fully saturated rings. The highest BCUT2D eigenvalue weighted by Crippen LogP contribution is 2.32. The standard InChI is InChI=1S/C30H15N9O2/c1-31-23-24(32-2)36-28-27(35-23)37(18-12-6-3-7-13-18)25-26(38(28)19-14-8-4-9-15-19)34-22-21(33-25)29(40)39(30(22)41)20-16-10-5-11-17-20/h3-17H. The van der Waals surface area contributed by atoms with Gasteiger partial charge in [0.15, 0.2) is 22.3 Å². The van der Waals surface area contributed by atoms with Gasteiger partial charge in [0.2, 0.25) is 0 Å². The minimum Gasteiger partial charge on any atom is -0.370 e. The molecule has 0 amide bonds. The molecule has 0 aliphatic heterocycles. The molecule has 192 valence electrons. The second kappa shape index (κ2) is 9.08. The molecule has 0 aliphatic rings. The summed E-state index contributed by atoms with van der Waals surface area (Å²) in [5, 5.41) is 0. The molecule has 0 N–H and O–H groups in total. The molecular formula is C30H15N9O2. The summed E-state index contributed by atoms with van der Waals surface area (Å²) in [7, 11) is 0. The predicted octanol–water partition coefficient (Wildman–Crippen LogP) is 4.92. The van der Waals surface area contributed by atoms with E-state index in [1.807, 2.05) is 60.7 Å². The third-order valence-electron chi connectivity index (χ3n) is 6.60. The van der Waals surface area contributed by atoms with Crippen molar-refractivity contribution in [3.8, 4) is 17.1 Å². The number of aromatic nitrogens is 7. The maximum Gasteiger partial charge on any atom is 0.300 e. The van der Waals surface area contributed by atoms with Gasteiger partial charge in [-0.05, 0) is 36.4 Å². The fourth-order valence-corrected chi connectivity index (χ4v) is 4.83. The number of hydrogen-bond acceptors (Lipinski definition) is 6. The summed E-state index contributed by atoms with van der Waals surface area (Å²) >= 11 is 0. The second-order valence-electron chi connectivity index (χ2n) is 8.93. The van der Waals surface area contributed by atoms with Gasteiger partial charge in [-0.2, -0.15) is 0 Å². The van der Waals surface area contributed by atoms with E-state index in [-0.39, 0.29) is 45.3 Å². The number of nitrogens with zero attached hydrogens (tertiary/aromatic N) is 9. The lowest BCUT2D eigenvalue weighted by molar-refractivity contribution is 0.987. The number of benzene rings is 3. The van der Waals surface area contributed by atoms with E-state index in [0.717, 1.165) is 4.57 Å². The molecule has 11 heteroatoms. The third kappa shape index (κ3) is 3.51. The average Bonchev–Trinajstić information content (AvgIpc) is 3.27. The summed E-state index contributed by atoms with van der Waals surface area (Å²) in [5.74, 6) is -0.349. The van der Waals surface area contributed by atoms with Gasteiger partial charge < -0.3 is 9.69 Å². The van der Waals surface area contributed by atoms with Crippen LogP contribution in [0.1, 0.15) is 0 Å². The molecule has 0 saturated heterocycles. The van der Waals surface area contributed by atoms with E-state index < -0.39 is 11.1 Å². The molecule has 4 aromatic heterocycles. The average molecular weight is 534 g/mol. The van der Waals surface area contributed by atoms with Gasteiger partial charge in [-0.3, -0.25) is 18.7 Å². The van der Waals surface area contributed by atoms with Crippen molar-refractivity contribution in [2.75, 3.05) is 0 Å². The first-order valence-corrected chi connectivity index (χ1v) is 12.3. The van der Waals surface area contributed by atoms with Crippen molar-refractivity contribution in [3.05, 3.63) is 135 Å². The summed E-state index contributed by atoms with van der Waals surface area (Å²) in [5.41, 5.74) is 1.05. The fourth-order valence-electron chi connectivity index (χ4n) is 4.83. The lowest BCUT2D eigenvalue weighted by Crippen LogP contribution is -2.23. The van der Waals surface area contributed by atoms with Gasteiger partial charge in [-0.25, -0.2) is 14.5 Å². The van der Waals surface area contributed by atoms with Gasteiger partial charge in [0.1, 0.15) is 0 Å². The van der Waals surface area contributed by atoms with Crippen LogP contribution in [0.2, 0.25) is 0 Å². The summed E-state index contributed by atoms with van der Waals surface area (Å²) in [6, 6.07) is 26.8. The Bertz CT molecular complexity index is 2220. The quantitative estimate of drug-likeness (QED) is 0.236. The normalized spacial score (nSPS) is 11.1. The first-order valence-electron chi connectivity index (χ1n) is 12.3. The first kappa shape index (κ1) is 23.6. The largest absolute Gasteiger partial charge is 0.370 e. The number of rotatable bonds is 3. The molecular weight excluding hydrogens is 518 g/mol. The van der Waals surface area contributed by atoms with Crippen LogP contribution >= 0.6 is 0 Å². The van der Waals surface area contributed by atoms with Crippen molar-refractivity contribution >= 4 is 45.3 Å². The van der Waals surface area contributed by atoms with E-state index in [9.17, 15) is 9.59 Å². The Morgan fingerprint density at radius 2 is 0.780 bits per heavy atom. The first-order chi connectivity index (χ1) is 20.1. The minimum atomic E-state index is -0.604. The molecule has 11 nitrogen and oxygen atoms in total. The van der Waals surface area contributed by atoms with Crippen molar-refractivity contribution < 1.29 is 0 Å². The van der Waals surface area contributed by atoms with Crippen molar-refractivity contribution in [3.63, 3.8) is 0 Å². The van der Waals surface area contributed by atoms with Crippen LogP contribution in [0.3, 0.4) is 0 Å². The van der Waals surface area contributed by atoms with E-state index in [4.69, 9.17) is 23.1 Å². The monoisotopic (exact) mass is 533 g/mol. The Balaban J connectivity index is 1.76. The molecule has 0 unspecified atom stereocenters. The van der Waals surface area contributed by atoms with Crippen molar-refractivity contribution in [2.45, 2.75) is 0 Å². The Kier molecular flexibility index (Phi) is 5.24. The van der Waals surface area contributed by atoms with Crippen LogP contribution < -0.4 is 11.1 Å². The van der Waals surface area contributed by atoms with E-state index in [2.05, 4.69) is 19.7 Å². The molecule has 0 atom stereocenters. The summed E-state index contributed by atoms with van der Waals surface area (Å²) in [4.78, 5) is 52.6. The minimum absolute atomic E-state index is 0.105. The van der Waals surface area contributed by atoms with Crippen molar-refractivity contribution in [1.29, 1.82) is 0 Å². The van der Waals surface area contributed by atoms with Gasteiger partial charge >= 0.3 is 11.3 Å². The number of para-hydroxylation sites is 3. The van der Waals surface area contributed by atoms with E-state index in [0.29, 0.717) is 17.1 Å². The maximum absolute atomic E-state index is 13.6. The summed E-state index contributed by atoms with van der Waals surface area (Å²) < 4.78 is 4.32. The van der Waals surface area contributed by atoms with Crippen molar-refractivity contribution in [2.24, 2.45) is 0 Å². The zero-order valence-corrected chi connectivity index (χ0v) is 21.0. The smallest absolute Gasteiger partial charge is 0.300 e. The van der Waals surface area contributed by atoms with Gasteiger partial charge in [-0.1, -0.05) is 67.7 Å². The van der Waals surface area contributed by atoms with E-state index >= 15 is 0 Å². The summed E-state index contributed by atoms with van der Waals surface area (Å²) in [6.45, 7) is 15.2. The highest BCUT2D eigenvalue weighted by molar-refractivity contribution is 5.92. The van der Waals surface area contributed by atoms with Gasteiger partial charge in [0.25, 0.3) is 22.8 Å². The van der Waals surface area contributed by atoms with Gasteiger partial charge in [0, 0.05) is 0 Å². The van der Waals surface area contributed by atoms with Crippen LogP contribution in [0.5, 0.6) is 0 Å². The van der Waals surface area contributed by atoms with E-state index in [1.165, 1.54) is 0 Å².